The largest absolute Gasteiger partial charge is 0.372 e. The molecule has 1 atom stereocenters. The lowest BCUT2D eigenvalue weighted by Crippen LogP contribution is -2.50. The van der Waals surface area contributed by atoms with Gasteiger partial charge in [0, 0.05) is 19.8 Å². The average Bonchev–Trinajstić information content (AvgIpc) is 2.45. The molecule has 0 radical (unpaired) electrons. The van der Waals surface area contributed by atoms with Gasteiger partial charge in [-0.3, -0.25) is 4.79 Å². The number of rotatable bonds is 14. The molecule has 0 rings (SSSR count). The fourth-order valence-corrected chi connectivity index (χ4v) is 2.36. The highest BCUT2D eigenvalue weighted by Gasteiger charge is 2.41. The van der Waals surface area contributed by atoms with Crippen molar-refractivity contribution < 1.29 is 19.0 Å². The van der Waals surface area contributed by atoms with Crippen LogP contribution in [0.1, 0.15) is 66.2 Å². The Labute approximate surface area is 124 Å². The van der Waals surface area contributed by atoms with E-state index < -0.39 is 5.79 Å². The summed E-state index contributed by atoms with van der Waals surface area (Å²) >= 11 is 0. The molecule has 120 valence electrons. The summed E-state index contributed by atoms with van der Waals surface area (Å²) in [6.45, 7) is 9.26. The molecule has 1 unspecified atom stereocenters. The second-order valence-corrected chi connectivity index (χ2v) is 4.85. The van der Waals surface area contributed by atoms with Gasteiger partial charge in [0.2, 0.25) is 0 Å². The molecule has 0 saturated carbocycles. The predicted octanol–water partition coefficient (Wildman–Crippen LogP) is 3.72. The van der Waals surface area contributed by atoms with Crippen LogP contribution >= 0.6 is 0 Å². The molecule has 0 aliphatic carbocycles. The van der Waals surface area contributed by atoms with Crippen LogP contribution in [0, 0.1) is 0 Å². The van der Waals surface area contributed by atoms with E-state index in [1.165, 1.54) is 19.3 Å². The highest BCUT2D eigenvalue weighted by molar-refractivity contribution is 5.61. The van der Waals surface area contributed by atoms with E-state index in [0.29, 0.717) is 19.8 Å². The normalized spacial score (nSPS) is 13.4. The number of hydrogen-bond donors (Lipinski definition) is 0. The zero-order valence-electron chi connectivity index (χ0n) is 13.7. The summed E-state index contributed by atoms with van der Waals surface area (Å²) in [5.41, 5.74) is 0. The number of hydrogen-bond acceptors (Lipinski definition) is 4. The third-order valence-electron chi connectivity index (χ3n) is 3.29. The van der Waals surface area contributed by atoms with Crippen LogP contribution in [-0.4, -0.2) is 38.0 Å². The standard InChI is InChI=1S/C16H32O4/c1-5-9-10-11-12-13-15(18-6-2)16(14-17,19-7-3)20-8-4/h14-15H,5-13H2,1-4H3. The number of ether oxygens (including phenoxy) is 3. The summed E-state index contributed by atoms with van der Waals surface area (Å²) in [4.78, 5) is 11.5. The molecule has 0 fully saturated rings. The van der Waals surface area contributed by atoms with Crippen LogP contribution in [0.3, 0.4) is 0 Å². The van der Waals surface area contributed by atoms with Gasteiger partial charge in [-0.1, -0.05) is 39.0 Å². The van der Waals surface area contributed by atoms with Crippen LogP contribution in [0.15, 0.2) is 0 Å². The van der Waals surface area contributed by atoms with Crippen molar-refractivity contribution in [1.29, 1.82) is 0 Å². The Hall–Kier alpha value is -0.450. The van der Waals surface area contributed by atoms with E-state index >= 15 is 0 Å². The Morgan fingerprint density at radius 2 is 1.50 bits per heavy atom. The van der Waals surface area contributed by atoms with Crippen LogP contribution < -0.4 is 0 Å². The molecular weight excluding hydrogens is 256 g/mol. The average molecular weight is 288 g/mol. The van der Waals surface area contributed by atoms with E-state index in [1.54, 1.807) is 0 Å². The molecule has 0 aromatic rings. The van der Waals surface area contributed by atoms with Crippen LogP contribution in [0.25, 0.3) is 0 Å². The van der Waals surface area contributed by atoms with E-state index in [-0.39, 0.29) is 6.10 Å². The molecule has 0 spiro atoms. The second-order valence-electron chi connectivity index (χ2n) is 4.85. The first kappa shape index (κ1) is 19.6. The van der Waals surface area contributed by atoms with Crippen LogP contribution in [0.5, 0.6) is 0 Å². The molecule has 20 heavy (non-hydrogen) atoms. The molecule has 0 bridgehead atoms. The van der Waals surface area contributed by atoms with Gasteiger partial charge in [0.1, 0.15) is 6.10 Å². The lowest BCUT2D eigenvalue weighted by molar-refractivity contribution is -0.265. The number of unbranched alkanes of at least 4 members (excludes halogenated alkanes) is 4. The minimum atomic E-state index is -1.25. The third-order valence-corrected chi connectivity index (χ3v) is 3.29. The monoisotopic (exact) mass is 288 g/mol. The summed E-state index contributed by atoms with van der Waals surface area (Å²) in [5, 5.41) is 0. The van der Waals surface area contributed by atoms with Gasteiger partial charge in [0.05, 0.1) is 0 Å². The van der Waals surface area contributed by atoms with Gasteiger partial charge in [-0.2, -0.15) is 0 Å². The fraction of sp³-hybridized carbons (Fsp3) is 0.938. The summed E-state index contributed by atoms with van der Waals surface area (Å²) in [6.07, 6.45) is 7.12. The molecule has 0 aromatic carbocycles. The maximum Gasteiger partial charge on any atom is 0.253 e. The van der Waals surface area contributed by atoms with E-state index in [4.69, 9.17) is 14.2 Å². The Bertz CT molecular complexity index is 225. The van der Waals surface area contributed by atoms with E-state index in [2.05, 4.69) is 6.92 Å². The van der Waals surface area contributed by atoms with Crippen molar-refractivity contribution in [2.24, 2.45) is 0 Å². The Balaban J connectivity index is 4.57. The molecule has 4 nitrogen and oxygen atoms in total. The Morgan fingerprint density at radius 3 is 1.95 bits per heavy atom. The van der Waals surface area contributed by atoms with Gasteiger partial charge in [-0.25, -0.2) is 0 Å². The van der Waals surface area contributed by atoms with Gasteiger partial charge in [-0.15, -0.1) is 0 Å². The van der Waals surface area contributed by atoms with Gasteiger partial charge in [0.15, 0.2) is 6.29 Å². The van der Waals surface area contributed by atoms with Crippen LogP contribution in [-0.2, 0) is 19.0 Å². The number of carbonyl (C=O) groups excluding carboxylic acids is 1. The van der Waals surface area contributed by atoms with E-state index in [9.17, 15) is 4.79 Å². The van der Waals surface area contributed by atoms with Crippen LogP contribution in [0.4, 0.5) is 0 Å². The first-order valence-electron chi connectivity index (χ1n) is 8.06. The highest BCUT2D eigenvalue weighted by Crippen LogP contribution is 2.24. The summed E-state index contributed by atoms with van der Waals surface area (Å²) in [5.74, 6) is -1.25. The SMILES string of the molecule is CCCCCCCC(OCC)C(C=O)(OCC)OCC. The quantitative estimate of drug-likeness (QED) is 0.277. The summed E-state index contributed by atoms with van der Waals surface area (Å²) in [6, 6.07) is 0. The van der Waals surface area contributed by atoms with Gasteiger partial charge < -0.3 is 14.2 Å². The predicted molar refractivity (Wildman–Crippen MR) is 80.8 cm³/mol. The topological polar surface area (TPSA) is 44.8 Å². The van der Waals surface area contributed by atoms with Crippen LogP contribution in [0.2, 0.25) is 0 Å². The summed E-state index contributed by atoms with van der Waals surface area (Å²) in [7, 11) is 0. The van der Waals surface area contributed by atoms with Gasteiger partial charge in [-0.05, 0) is 27.2 Å². The zero-order valence-corrected chi connectivity index (χ0v) is 13.7. The lowest BCUT2D eigenvalue weighted by atomic mass is 10.0. The van der Waals surface area contributed by atoms with Crippen molar-refractivity contribution in [3.8, 4) is 0 Å². The minimum absolute atomic E-state index is 0.327. The first-order valence-corrected chi connectivity index (χ1v) is 8.06. The number of carbonyl (C=O) groups is 1. The molecule has 0 heterocycles. The van der Waals surface area contributed by atoms with Crippen molar-refractivity contribution in [2.45, 2.75) is 78.1 Å². The van der Waals surface area contributed by atoms with E-state index in [1.807, 2.05) is 20.8 Å². The maximum absolute atomic E-state index is 11.5. The Kier molecular flexibility index (Phi) is 12.0. The molecular formula is C16H32O4. The first-order chi connectivity index (χ1) is 9.70. The van der Waals surface area contributed by atoms with E-state index in [0.717, 1.165) is 25.5 Å². The lowest BCUT2D eigenvalue weighted by Gasteiger charge is -2.35. The molecule has 4 heteroatoms. The molecule has 0 amide bonds. The Morgan fingerprint density at radius 1 is 0.900 bits per heavy atom. The third kappa shape index (κ3) is 6.82. The fourth-order valence-electron chi connectivity index (χ4n) is 2.36. The van der Waals surface area contributed by atoms with Crippen molar-refractivity contribution in [2.75, 3.05) is 19.8 Å². The smallest absolute Gasteiger partial charge is 0.253 e. The summed E-state index contributed by atoms with van der Waals surface area (Å²) < 4.78 is 16.9. The van der Waals surface area contributed by atoms with Crippen molar-refractivity contribution in [1.82, 2.24) is 0 Å². The van der Waals surface area contributed by atoms with Crippen molar-refractivity contribution in [3.05, 3.63) is 0 Å². The molecule has 0 aliphatic rings. The second kappa shape index (κ2) is 12.3. The molecule has 0 aliphatic heterocycles. The van der Waals surface area contributed by atoms with Gasteiger partial charge >= 0.3 is 0 Å². The molecule has 0 N–H and O–H groups in total. The highest BCUT2D eigenvalue weighted by atomic mass is 16.7. The van der Waals surface area contributed by atoms with Crippen molar-refractivity contribution in [3.63, 3.8) is 0 Å². The number of aldehydes is 1. The molecule has 0 aromatic heterocycles. The molecule has 0 saturated heterocycles. The minimum Gasteiger partial charge on any atom is -0.372 e. The maximum atomic E-state index is 11.5. The van der Waals surface area contributed by atoms with Crippen molar-refractivity contribution >= 4 is 6.29 Å². The van der Waals surface area contributed by atoms with Gasteiger partial charge in [0.25, 0.3) is 5.79 Å². The zero-order chi connectivity index (χ0) is 15.3.